The van der Waals surface area contributed by atoms with Gasteiger partial charge >= 0.3 is 0 Å². The lowest BCUT2D eigenvalue weighted by molar-refractivity contribution is 0.275. The van der Waals surface area contributed by atoms with Crippen molar-refractivity contribution < 1.29 is 0 Å². The highest BCUT2D eigenvalue weighted by atomic mass is 16.2. The van der Waals surface area contributed by atoms with Crippen LogP contribution in [0.25, 0.3) is 21.5 Å². The molecule has 210 valence electrons. The van der Waals surface area contributed by atoms with E-state index in [1.165, 1.54) is 76.3 Å². The zero-order valence-electron chi connectivity index (χ0n) is 23.3. The van der Waals surface area contributed by atoms with Gasteiger partial charge in [-0.2, -0.15) is 0 Å². The molecule has 8 heteroatoms. The molecule has 0 bridgehead atoms. The fourth-order valence-corrected chi connectivity index (χ4v) is 5.91. The monoisotopic (exact) mass is 542 g/mol. The Morgan fingerprint density at radius 2 is 0.700 bits per heavy atom. The van der Waals surface area contributed by atoms with E-state index in [4.69, 9.17) is 0 Å². The molecular formula is C32H38N4O4. The Morgan fingerprint density at radius 3 is 1.02 bits per heavy atom. The minimum atomic E-state index is -0.477. The minimum absolute atomic E-state index is 0.00845. The van der Waals surface area contributed by atoms with Gasteiger partial charge in [-0.1, -0.05) is 62.2 Å². The Bertz CT molecular complexity index is 1470. The van der Waals surface area contributed by atoms with Crippen LogP contribution in [-0.4, -0.2) is 58.2 Å². The molecule has 1 aromatic carbocycles. The van der Waals surface area contributed by atoms with Gasteiger partial charge in [0.25, 0.3) is 22.2 Å². The molecule has 0 saturated carbocycles. The topological polar surface area (TPSA) is 84.6 Å². The van der Waals surface area contributed by atoms with E-state index in [9.17, 15) is 19.2 Å². The van der Waals surface area contributed by atoms with Crippen LogP contribution < -0.4 is 22.2 Å². The summed E-state index contributed by atoms with van der Waals surface area (Å²) in [5.74, 6) is 12.2. The SMILES string of the molecule is O=c1c2cc3c(=O)n(CC#CCN4CCCCCCC4)c(=O)c3cc2c(=O)n1CC#CCN1CCCCCCC1. The number of nitrogens with zero attached hydrogens (tertiary/aromatic N) is 4. The van der Waals surface area contributed by atoms with E-state index >= 15 is 0 Å². The average Bonchev–Trinajstić information content (AvgIpc) is 3.29. The fraction of sp³-hybridized carbons (Fsp3) is 0.562. The summed E-state index contributed by atoms with van der Waals surface area (Å²) >= 11 is 0. The Balaban J connectivity index is 1.32. The number of hydrogen-bond donors (Lipinski definition) is 0. The molecule has 4 heterocycles. The molecule has 0 unspecified atom stereocenters. The predicted molar refractivity (Wildman–Crippen MR) is 159 cm³/mol. The molecule has 2 aliphatic heterocycles. The van der Waals surface area contributed by atoms with Gasteiger partial charge in [-0.15, -0.1) is 0 Å². The van der Waals surface area contributed by atoms with E-state index in [1.54, 1.807) is 0 Å². The molecule has 0 radical (unpaired) electrons. The standard InChI is InChI=1S/C32H38N4O4/c37-29-25-23-27-28(32(40)36(31(27)39)22-14-12-20-34-17-9-5-2-6-10-18-34)24-26(25)30(38)35(29)21-13-11-19-33-15-7-3-1-4-8-16-33/h23-24H,1-10,15-22H2. The van der Waals surface area contributed by atoms with Crippen LogP contribution in [0.2, 0.25) is 0 Å². The number of hydrogen-bond acceptors (Lipinski definition) is 6. The zero-order chi connectivity index (χ0) is 27.9. The van der Waals surface area contributed by atoms with Gasteiger partial charge in [0.2, 0.25) is 0 Å². The third-order valence-electron chi connectivity index (χ3n) is 8.29. The van der Waals surface area contributed by atoms with Crippen molar-refractivity contribution in [2.75, 3.05) is 39.3 Å². The Hall–Kier alpha value is -3.46. The van der Waals surface area contributed by atoms with Crippen molar-refractivity contribution in [2.24, 2.45) is 0 Å². The van der Waals surface area contributed by atoms with Gasteiger partial charge in [0.15, 0.2) is 0 Å². The van der Waals surface area contributed by atoms with E-state index in [0.717, 1.165) is 35.3 Å². The van der Waals surface area contributed by atoms with Gasteiger partial charge in [-0.3, -0.25) is 38.1 Å². The van der Waals surface area contributed by atoms with Gasteiger partial charge in [0.1, 0.15) is 0 Å². The molecule has 2 fully saturated rings. The highest BCUT2D eigenvalue weighted by Gasteiger charge is 2.19. The second kappa shape index (κ2) is 13.3. The van der Waals surface area contributed by atoms with Gasteiger partial charge < -0.3 is 0 Å². The van der Waals surface area contributed by atoms with Crippen LogP contribution in [0, 0.1) is 23.7 Å². The lowest BCUT2D eigenvalue weighted by Crippen LogP contribution is -2.28. The fourth-order valence-electron chi connectivity index (χ4n) is 5.91. The van der Waals surface area contributed by atoms with Crippen LogP contribution >= 0.6 is 0 Å². The van der Waals surface area contributed by atoms with Crippen molar-refractivity contribution >= 4 is 21.5 Å². The number of likely N-dealkylation sites (tertiary alicyclic amines) is 2. The summed E-state index contributed by atoms with van der Waals surface area (Å²) in [7, 11) is 0. The first-order chi connectivity index (χ1) is 19.5. The van der Waals surface area contributed by atoms with Crippen molar-refractivity contribution in [2.45, 2.75) is 77.3 Å². The van der Waals surface area contributed by atoms with Gasteiger partial charge in [-0.25, -0.2) is 0 Å². The summed E-state index contributed by atoms with van der Waals surface area (Å²) in [5.41, 5.74) is -1.91. The molecule has 0 aliphatic carbocycles. The third kappa shape index (κ3) is 6.30. The summed E-state index contributed by atoms with van der Waals surface area (Å²) in [5, 5.41) is 0.613. The van der Waals surface area contributed by atoms with E-state index in [1.807, 2.05) is 0 Å². The molecule has 0 N–H and O–H groups in total. The number of aromatic nitrogens is 2. The van der Waals surface area contributed by atoms with E-state index in [-0.39, 0.29) is 34.6 Å². The van der Waals surface area contributed by atoms with Crippen molar-refractivity contribution in [1.29, 1.82) is 0 Å². The molecular weight excluding hydrogens is 504 g/mol. The minimum Gasteiger partial charge on any atom is -0.292 e. The maximum atomic E-state index is 13.1. The largest absolute Gasteiger partial charge is 0.292 e. The highest BCUT2D eigenvalue weighted by Crippen LogP contribution is 2.15. The number of benzene rings is 1. The molecule has 5 rings (SSSR count). The van der Waals surface area contributed by atoms with Crippen LogP contribution in [0.3, 0.4) is 0 Å². The first kappa shape index (κ1) is 28.1. The van der Waals surface area contributed by atoms with Gasteiger partial charge in [-0.05, 0) is 64.0 Å². The highest BCUT2D eigenvalue weighted by molar-refractivity contribution is 5.97. The molecule has 0 spiro atoms. The normalized spacial score (nSPS) is 17.8. The van der Waals surface area contributed by atoms with Crippen LogP contribution in [-0.2, 0) is 13.1 Å². The Labute approximate surface area is 234 Å². The van der Waals surface area contributed by atoms with Crippen molar-refractivity contribution in [1.82, 2.24) is 18.9 Å². The molecule has 0 atom stereocenters. The molecule has 40 heavy (non-hydrogen) atoms. The van der Waals surface area contributed by atoms with E-state index in [2.05, 4.69) is 33.5 Å². The summed E-state index contributed by atoms with van der Waals surface area (Å²) in [6, 6.07) is 2.79. The van der Waals surface area contributed by atoms with Crippen molar-refractivity contribution in [3.63, 3.8) is 0 Å². The van der Waals surface area contributed by atoms with Gasteiger partial charge in [0.05, 0.1) is 47.7 Å². The maximum absolute atomic E-state index is 13.1. The first-order valence-corrected chi connectivity index (χ1v) is 14.8. The Morgan fingerprint density at radius 1 is 0.425 bits per heavy atom. The molecule has 0 amide bonds. The molecule has 3 aromatic rings. The lowest BCUT2D eigenvalue weighted by atomic mass is 10.1. The maximum Gasteiger partial charge on any atom is 0.262 e. The van der Waals surface area contributed by atoms with Crippen molar-refractivity contribution in [3.05, 3.63) is 53.5 Å². The second-order valence-electron chi connectivity index (χ2n) is 11.1. The van der Waals surface area contributed by atoms with Crippen LogP contribution in [0.15, 0.2) is 31.3 Å². The Kier molecular flexibility index (Phi) is 9.31. The van der Waals surface area contributed by atoms with Crippen LogP contribution in [0.5, 0.6) is 0 Å². The smallest absolute Gasteiger partial charge is 0.262 e. The van der Waals surface area contributed by atoms with Crippen LogP contribution in [0.1, 0.15) is 64.2 Å². The number of rotatable bonds is 4. The molecule has 8 nitrogen and oxygen atoms in total. The van der Waals surface area contributed by atoms with E-state index in [0.29, 0.717) is 13.1 Å². The zero-order valence-corrected chi connectivity index (χ0v) is 23.3. The van der Waals surface area contributed by atoms with Gasteiger partial charge in [0, 0.05) is 0 Å². The third-order valence-corrected chi connectivity index (χ3v) is 8.29. The summed E-state index contributed by atoms with van der Waals surface area (Å²) < 4.78 is 2.20. The summed E-state index contributed by atoms with van der Waals surface area (Å²) in [6.45, 7) is 5.32. The van der Waals surface area contributed by atoms with E-state index < -0.39 is 22.2 Å². The molecule has 2 saturated heterocycles. The van der Waals surface area contributed by atoms with Crippen molar-refractivity contribution in [3.8, 4) is 23.7 Å². The first-order valence-electron chi connectivity index (χ1n) is 14.8. The lowest BCUT2D eigenvalue weighted by Gasteiger charge is -2.21. The average molecular weight is 543 g/mol. The molecule has 2 aliphatic rings. The second-order valence-corrected chi connectivity index (χ2v) is 11.1. The number of fused-ring (bicyclic) bond motifs is 2. The quantitative estimate of drug-likeness (QED) is 0.471. The predicted octanol–water partition coefficient (Wildman–Crippen LogP) is 2.45. The molecule has 2 aromatic heterocycles. The summed E-state index contributed by atoms with van der Waals surface area (Å²) in [4.78, 5) is 56.9. The van der Waals surface area contributed by atoms with Crippen LogP contribution in [0.4, 0.5) is 0 Å². The summed E-state index contributed by atoms with van der Waals surface area (Å²) in [6.07, 6.45) is 12.3.